The van der Waals surface area contributed by atoms with Gasteiger partial charge in [0.2, 0.25) is 0 Å². The molecule has 1 aromatic carbocycles. The number of hydrogen-bond acceptors (Lipinski definition) is 4. The summed E-state index contributed by atoms with van der Waals surface area (Å²) in [6.45, 7) is 6.67. The number of nitrogens with one attached hydrogen (secondary N) is 2. The molecule has 1 aliphatic rings. The van der Waals surface area contributed by atoms with Crippen LogP contribution < -0.4 is 5.32 Å². The molecule has 0 atom stereocenters. The molecule has 2 N–H and O–H groups in total. The first-order valence-corrected chi connectivity index (χ1v) is 10.4. The van der Waals surface area contributed by atoms with Gasteiger partial charge in [-0.05, 0) is 68.7 Å². The molecular formula is C24H27FN4O2. The third kappa shape index (κ3) is 4.40. The molecule has 162 valence electrons. The Morgan fingerprint density at radius 3 is 2.71 bits per heavy atom. The summed E-state index contributed by atoms with van der Waals surface area (Å²) >= 11 is 0. The number of halogens is 1. The molecule has 3 heterocycles. The summed E-state index contributed by atoms with van der Waals surface area (Å²) in [4.78, 5) is 21.9. The largest absolute Gasteiger partial charge is 0.444 e. The van der Waals surface area contributed by atoms with E-state index in [-0.39, 0.29) is 11.9 Å². The number of pyridine rings is 1. The molecule has 6 nitrogen and oxygen atoms in total. The number of fused-ring (bicyclic) bond motifs is 1. The maximum absolute atomic E-state index is 14.0. The van der Waals surface area contributed by atoms with E-state index >= 15 is 0 Å². The monoisotopic (exact) mass is 422 g/mol. The van der Waals surface area contributed by atoms with Crippen LogP contribution in [0, 0.1) is 5.82 Å². The Hall–Kier alpha value is -3.35. The van der Waals surface area contributed by atoms with Gasteiger partial charge in [0.1, 0.15) is 17.1 Å². The van der Waals surface area contributed by atoms with E-state index in [1.165, 1.54) is 12.1 Å². The Balaban J connectivity index is 1.64. The number of hydrogen-bond donors (Lipinski definition) is 2. The molecule has 7 heteroatoms. The number of rotatable bonds is 3. The highest BCUT2D eigenvalue weighted by molar-refractivity contribution is 5.98. The molecule has 0 radical (unpaired) electrons. The molecule has 3 aromatic rings. The van der Waals surface area contributed by atoms with Crippen molar-refractivity contribution in [3.8, 4) is 11.1 Å². The SMILES string of the molecule is CNc1ccc(F)cc1-c1ccnc2[nH]c(C3=CCN(C(=O)OC(C)(C)C)CC3)cc12. The number of benzene rings is 1. The molecule has 1 amide bonds. The second-order valence-electron chi connectivity index (χ2n) is 8.65. The molecule has 1 aliphatic heterocycles. The quantitative estimate of drug-likeness (QED) is 0.590. The topological polar surface area (TPSA) is 70.2 Å². The molecular weight excluding hydrogens is 395 g/mol. The summed E-state index contributed by atoms with van der Waals surface area (Å²) < 4.78 is 19.4. The summed E-state index contributed by atoms with van der Waals surface area (Å²) in [5, 5.41) is 4.06. The van der Waals surface area contributed by atoms with Gasteiger partial charge in [-0.25, -0.2) is 14.2 Å². The van der Waals surface area contributed by atoms with Crippen molar-refractivity contribution in [2.45, 2.75) is 32.8 Å². The number of anilines is 1. The molecule has 0 spiro atoms. The third-order valence-electron chi connectivity index (χ3n) is 5.28. The van der Waals surface area contributed by atoms with Crippen LogP contribution >= 0.6 is 0 Å². The van der Waals surface area contributed by atoms with E-state index in [1.807, 2.05) is 40.0 Å². The fourth-order valence-corrected chi connectivity index (χ4v) is 3.80. The fraction of sp³-hybridized carbons (Fsp3) is 0.333. The minimum atomic E-state index is -0.510. The van der Waals surface area contributed by atoms with Crippen LogP contribution in [0.15, 0.2) is 42.6 Å². The second-order valence-corrected chi connectivity index (χ2v) is 8.65. The van der Waals surface area contributed by atoms with Gasteiger partial charge >= 0.3 is 6.09 Å². The predicted octanol–water partition coefficient (Wildman–Crippen LogP) is 5.43. The van der Waals surface area contributed by atoms with Crippen LogP contribution in [-0.2, 0) is 4.74 Å². The number of ether oxygens (including phenoxy) is 1. The van der Waals surface area contributed by atoms with Gasteiger partial charge in [-0.3, -0.25) is 0 Å². The van der Waals surface area contributed by atoms with Gasteiger partial charge in [-0.2, -0.15) is 0 Å². The highest BCUT2D eigenvalue weighted by atomic mass is 19.1. The van der Waals surface area contributed by atoms with Crippen LogP contribution in [0.3, 0.4) is 0 Å². The first kappa shape index (κ1) is 20.9. The molecule has 4 rings (SSSR count). The zero-order chi connectivity index (χ0) is 22.2. The van der Waals surface area contributed by atoms with Gasteiger partial charge in [0.15, 0.2) is 0 Å². The predicted molar refractivity (Wildman–Crippen MR) is 121 cm³/mol. The molecule has 0 saturated heterocycles. The van der Waals surface area contributed by atoms with Gasteiger partial charge in [0, 0.05) is 48.7 Å². The molecule has 0 aliphatic carbocycles. The van der Waals surface area contributed by atoms with Crippen LogP contribution in [0.25, 0.3) is 27.7 Å². The standard InChI is InChI=1S/C24H27FN4O2/c1-24(2,3)31-23(30)29-11-8-15(9-12-29)21-14-19-17(7-10-27-22(19)28-21)18-13-16(25)5-6-20(18)26-4/h5-8,10,13-14,26H,9,11-12H2,1-4H3,(H,27,28). The van der Waals surface area contributed by atoms with Crippen molar-refractivity contribution in [2.75, 3.05) is 25.5 Å². The molecule has 0 fully saturated rings. The van der Waals surface area contributed by atoms with Gasteiger partial charge in [-0.15, -0.1) is 0 Å². The van der Waals surface area contributed by atoms with E-state index in [2.05, 4.69) is 21.4 Å². The number of carbonyl (C=O) groups excluding carboxylic acids is 1. The van der Waals surface area contributed by atoms with E-state index in [9.17, 15) is 9.18 Å². The number of nitrogens with zero attached hydrogens (tertiary/aromatic N) is 2. The highest BCUT2D eigenvalue weighted by Gasteiger charge is 2.24. The van der Waals surface area contributed by atoms with Crippen molar-refractivity contribution in [3.05, 3.63) is 54.1 Å². The third-order valence-corrected chi connectivity index (χ3v) is 5.28. The molecule has 0 saturated carbocycles. The number of H-pyrrole nitrogens is 1. The first-order chi connectivity index (χ1) is 14.7. The molecule has 31 heavy (non-hydrogen) atoms. The lowest BCUT2D eigenvalue weighted by Gasteiger charge is -2.29. The maximum atomic E-state index is 14.0. The number of carbonyl (C=O) groups is 1. The minimum absolute atomic E-state index is 0.285. The van der Waals surface area contributed by atoms with Crippen molar-refractivity contribution in [3.63, 3.8) is 0 Å². The fourth-order valence-electron chi connectivity index (χ4n) is 3.80. The normalized spacial score (nSPS) is 14.5. The zero-order valence-electron chi connectivity index (χ0n) is 18.3. The summed E-state index contributed by atoms with van der Waals surface area (Å²) in [5.41, 5.74) is 4.86. The van der Waals surface area contributed by atoms with Crippen LogP contribution in [0.1, 0.15) is 32.9 Å². The summed E-state index contributed by atoms with van der Waals surface area (Å²) in [5.74, 6) is -0.285. The Labute approximate surface area is 181 Å². The van der Waals surface area contributed by atoms with Gasteiger partial charge in [0.05, 0.1) is 0 Å². The van der Waals surface area contributed by atoms with E-state index < -0.39 is 5.60 Å². The summed E-state index contributed by atoms with van der Waals surface area (Å²) in [6.07, 6.45) is 4.18. The number of aromatic amines is 1. The molecule has 0 unspecified atom stereocenters. The Morgan fingerprint density at radius 1 is 1.23 bits per heavy atom. The Bertz CT molecular complexity index is 1160. The minimum Gasteiger partial charge on any atom is -0.444 e. The number of amides is 1. The van der Waals surface area contributed by atoms with Gasteiger partial charge in [0.25, 0.3) is 0 Å². The van der Waals surface area contributed by atoms with Crippen molar-refractivity contribution in [1.82, 2.24) is 14.9 Å². The van der Waals surface area contributed by atoms with Crippen LogP contribution in [0.2, 0.25) is 0 Å². The lowest BCUT2D eigenvalue weighted by molar-refractivity contribution is 0.0270. The Morgan fingerprint density at radius 2 is 2.03 bits per heavy atom. The maximum Gasteiger partial charge on any atom is 0.410 e. The van der Waals surface area contributed by atoms with Crippen molar-refractivity contribution >= 4 is 28.4 Å². The van der Waals surface area contributed by atoms with E-state index in [0.29, 0.717) is 19.5 Å². The summed E-state index contributed by atoms with van der Waals surface area (Å²) in [6, 6.07) is 8.66. The Kier molecular flexibility index (Phi) is 5.43. The van der Waals surface area contributed by atoms with Crippen molar-refractivity contribution < 1.29 is 13.9 Å². The van der Waals surface area contributed by atoms with E-state index in [4.69, 9.17) is 4.74 Å². The average Bonchev–Trinajstić information content (AvgIpc) is 3.17. The van der Waals surface area contributed by atoms with E-state index in [1.54, 1.807) is 17.2 Å². The van der Waals surface area contributed by atoms with E-state index in [0.717, 1.165) is 39.1 Å². The zero-order valence-corrected chi connectivity index (χ0v) is 18.3. The van der Waals surface area contributed by atoms with Crippen molar-refractivity contribution in [1.29, 1.82) is 0 Å². The van der Waals surface area contributed by atoms with Gasteiger partial charge in [-0.1, -0.05) is 6.08 Å². The van der Waals surface area contributed by atoms with Crippen LogP contribution in [0.5, 0.6) is 0 Å². The number of aromatic nitrogens is 2. The lowest BCUT2D eigenvalue weighted by atomic mass is 10.0. The first-order valence-electron chi connectivity index (χ1n) is 10.4. The molecule has 2 aromatic heterocycles. The second kappa shape index (κ2) is 8.06. The smallest absolute Gasteiger partial charge is 0.410 e. The van der Waals surface area contributed by atoms with Crippen molar-refractivity contribution in [2.24, 2.45) is 0 Å². The highest BCUT2D eigenvalue weighted by Crippen LogP contribution is 2.35. The van der Waals surface area contributed by atoms with Crippen LogP contribution in [0.4, 0.5) is 14.9 Å². The average molecular weight is 423 g/mol. The van der Waals surface area contributed by atoms with Crippen LogP contribution in [-0.4, -0.2) is 46.7 Å². The molecule has 0 bridgehead atoms. The lowest BCUT2D eigenvalue weighted by Crippen LogP contribution is -2.39. The summed E-state index contributed by atoms with van der Waals surface area (Å²) in [7, 11) is 1.82. The van der Waals surface area contributed by atoms with Gasteiger partial charge < -0.3 is 19.9 Å².